The minimum absolute atomic E-state index is 0.00578. The molecule has 40 heavy (non-hydrogen) atoms. The summed E-state index contributed by atoms with van der Waals surface area (Å²) in [5.41, 5.74) is -2.67. The molecule has 3 heterocycles. The van der Waals surface area contributed by atoms with Gasteiger partial charge in [-0.3, -0.25) is 28.2 Å². The van der Waals surface area contributed by atoms with Gasteiger partial charge in [-0.15, -0.1) is 0 Å². The molecule has 1 amide bonds. The van der Waals surface area contributed by atoms with Crippen LogP contribution in [-0.2, 0) is 28.1 Å². The molecule has 224 valence electrons. The first-order valence-corrected chi connectivity index (χ1v) is 16.0. The van der Waals surface area contributed by atoms with Crippen LogP contribution in [-0.4, -0.2) is 71.7 Å². The number of H-pyrrole nitrogens is 1. The Labute approximate surface area is 234 Å². The SMILES string of the molecule is CCCCCCCCCCCC(=O)NCC#Cc1cn([C@@H]2O[C@]3(COC)COC2[C@@H]3OP(C)(=O)O)c(=O)[nH]c1=O. The molecule has 2 aliphatic rings. The van der Waals surface area contributed by atoms with E-state index in [1.165, 1.54) is 51.8 Å². The maximum absolute atomic E-state index is 12.6. The highest BCUT2D eigenvalue weighted by Crippen LogP contribution is 2.52. The van der Waals surface area contributed by atoms with Gasteiger partial charge in [-0.25, -0.2) is 4.79 Å². The Morgan fingerprint density at radius 1 is 1.23 bits per heavy atom. The topological polar surface area (TPSA) is 158 Å². The zero-order valence-corrected chi connectivity index (χ0v) is 24.5. The molecule has 12 nitrogen and oxygen atoms in total. The van der Waals surface area contributed by atoms with Crippen LogP contribution >= 0.6 is 7.60 Å². The van der Waals surface area contributed by atoms with Crippen molar-refractivity contribution in [2.45, 2.75) is 95.2 Å². The number of fused-ring (bicyclic) bond motifs is 2. The van der Waals surface area contributed by atoms with Crippen molar-refractivity contribution in [3.8, 4) is 11.8 Å². The van der Waals surface area contributed by atoms with Crippen LogP contribution in [0.2, 0.25) is 0 Å². The Morgan fingerprint density at radius 3 is 2.55 bits per heavy atom. The molecular formula is C27H42N3O9P. The monoisotopic (exact) mass is 583 g/mol. The number of amides is 1. The Balaban J connectivity index is 1.55. The van der Waals surface area contributed by atoms with Crippen LogP contribution in [0, 0.1) is 11.8 Å². The number of ether oxygens (including phenoxy) is 3. The lowest BCUT2D eigenvalue weighted by molar-refractivity contribution is -0.190. The largest absolute Gasteiger partial charge is 0.381 e. The highest BCUT2D eigenvalue weighted by atomic mass is 31.2. The molecule has 0 radical (unpaired) electrons. The minimum atomic E-state index is -3.93. The fourth-order valence-corrected chi connectivity index (χ4v) is 5.79. The molecule has 0 spiro atoms. The second kappa shape index (κ2) is 15.1. The quantitative estimate of drug-likeness (QED) is 0.151. The number of nitrogens with one attached hydrogen (secondary N) is 2. The van der Waals surface area contributed by atoms with Gasteiger partial charge in [0.15, 0.2) is 6.23 Å². The van der Waals surface area contributed by atoms with Gasteiger partial charge >= 0.3 is 13.3 Å². The van der Waals surface area contributed by atoms with Crippen molar-refractivity contribution in [3.05, 3.63) is 32.6 Å². The van der Waals surface area contributed by atoms with E-state index in [0.717, 1.165) is 30.5 Å². The predicted molar refractivity (Wildman–Crippen MR) is 148 cm³/mol. The van der Waals surface area contributed by atoms with Crippen LogP contribution in [0.4, 0.5) is 0 Å². The zero-order chi connectivity index (χ0) is 29.2. The Morgan fingerprint density at radius 2 is 1.90 bits per heavy atom. The molecule has 2 bridgehead atoms. The average Bonchev–Trinajstić information content (AvgIpc) is 3.36. The summed E-state index contributed by atoms with van der Waals surface area (Å²) in [4.78, 5) is 49.1. The summed E-state index contributed by atoms with van der Waals surface area (Å²) in [6, 6.07) is 0. The molecule has 13 heteroatoms. The van der Waals surface area contributed by atoms with Gasteiger partial charge in [0.05, 0.1) is 19.8 Å². The van der Waals surface area contributed by atoms with E-state index in [0.29, 0.717) is 6.42 Å². The minimum Gasteiger partial charge on any atom is -0.381 e. The molecule has 2 saturated heterocycles. The zero-order valence-electron chi connectivity index (χ0n) is 23.6. The maximum atomic E-state index is 12.6. The number of hydrogen-bond donors (Lipinski definition) is 3. The van der Waals surface area contributed by atoms with E-state index in [1.807, 2.05) is 0 Å². The van der Waals surface area contributed by atoms with Crippen molar-refractivity contribution in [1.29, 1.82) is 0 Å². The van der Waals surface area contributed by atoms with E-state index in [1.54, 1.807) is 0 Å². The summed E-state index contributed by atoms with van der Waals surface area (Å²) in [6.45, 7) is 3.34. The van der Waals surface area contributed by atoms with Crippen molar-refractivity contribution >= 4 is 13.5 Å². The number of aromatic nitrogens is 2. The fourth-order valence-electron chi connectivity index (χ4n) is 5.06. The third-order valence-electron chi connectivity index (χ3n) is 7.02. The van der Waals surface area contributed by atoms with Gasteiger partial charge in [-0.2, -0.15) is 0 Å². The molecule has 3 N–H and O–H groups in total. The van der Waals surface area contributed by atoms with Gasteiger partial charge in [0.2, 0.25) is 5.91 Å². The van der Waals surface area contributed by atoms with Crippen LogP contribution in [0.5, 0.6) is 0 Å². The molecule has 0 saturated carbocycles. The molecule has 2 fully saturated rings. The molecule has 3 rings (SSSR count). The first kappa shape index (κ1) is 32.3. The highest BCUT2D eigenvalue weighted by Gasteiger charge is 2.64. The Bertz CT molecular complexity index is 1210. The summed E-state index contributed by atoms with van der Waals surface area (Å²) in [5.74, 6) is 5.33. The van der Waals surface area contributed by atoms with Crippen LogP contribution in [0.1, 0.15) is 82.9 Å². The van der Waals surface area contributed by atoms with Crippen LogP contribution in [0.15, 0.2) is 15.8 Å². The lowest BCUT2D eigenvalue weighted by Crippen LogP contribution is -2.46. The van der Waals surface area contributed by atoms with Gasteiger partial charge in [0.25, 0.3) is 5.56 Å². The van der Waals surface area contributed by atoms with Crippen molar-refractivity contribution in [3.63, 3.8) is 0 Å². The van der Waals surface area contributed by atoms with Crippen molar-refractivity contribution in [2.24, 2.45) is 0 Å². The van der Waals surface area contributed by atoms with Crippen molar-refractivity contribution in [2.75, 3.05) is 33.5 Å². The molecule has 2 aliphatic heterocycles. The van der Waals surface area contributed by atoms with Gasteiger partial charge < -0.3 is 24.4 Å². The lowest BCUT2D eigenvalue weighted by Gasteiger charge is -2.31. The third kappa shape index (κ3) is 8.87. The summed E-state index contributed by atoms with van der Waals surface area (Å²) in [7, 11) is -2.49. The number of rotatable bonds is 16. The summed E-state index contributed by atoms with van der Waals surface area (Å²) in [5, 5.41) is 2.73. The summed E-state index contributed by atoms with van der Waals surface area (Å²) in [6.07, 6.45) is 9.28. The highest BCUT2D eigenvalue weighted by molar-refractivity contribution is 7.51. The summed E-state index contributed by atoms with van der Waals surface area (Å²) >= 11 is 0. The normalized spacial score (nSPS) is 24.9. The van der Waals surface area contributed by atoms with Crippen LogP contribution in [0.25, 0.3) is 0 Å². The second-order valence-corrected chi connectivity index (χ2v) is 12.3. The van der Waals surface area contributed by atoms with Crippen LogP contribution in [0.3, 0.4) is 0 Å². The average molecular weight is 584 g/mol. The van der Waals surface area contributed by atoms with Crippen molar-refractivity contribution in [1.82, 2.24) is 14.9 Å². The Kier molecular flexibility index (Phi) is 12.2. The van der Waals surface area contributed by atoms with Gasteiger partial charge in [-0.05, 0) is 6.42 Å². The number of nitrogens with zero attached hydrogens (tertiary/aromatic N) is 1. The molecule has 1 aromatic rings. The number of carbonyl (C=O) groups is 1. The van der Waals surface area contributed by atoms with Gasteiger partial charge in [0.1, 0.15) is 23.4 Å². The van der Waals surface area contributed by atoms with E-state index < -0.39 is 42.9 Å². The maximum Gasteiger partial charge on any atom is 0.330 e. The standard InChI is InChI=1S/C27H42N3O9P/c1-4-5-6-7-8-9-10-11-12-15-21(31)28-16-13-14-20-17-30(26(33)29-24(20)32)25-22-23(39-40(3,34)35)27(38-25,18-36-2)19-37-22/h17,22-23,25H,4-12,15-16,18-19H2,1-3H3,(H,28,31)(H,34,35)(H,29,32,33)/t22?,23-,25+,27+/m0/s1. The lowest BCUT2D eigenvalue weighted by atomic mass is 10.0. The summed E-state index contributed by atoms with van der Waals surface area (Å²) < 4.78 is 35.6. The van der Waals surface area contributed by atoms with E-state index in [4.69, 9.17) is 18.7 Å². The van der Waals surface area contributed by atoms with E-state index >= 15 is 0 Å². The number of hydrogen-bond acceptors (Lipinski definition) is 8. The number of methoxy groups -OCH3 is 1. The fraction of sp³-hybridized carbons (Fsp3) is 0.741. The van der Waals surface area contributed by atoms with E-state index in [2.05, 4.69) is 29.1 Å². The Hall–Kier alpha value is -2.26. The molecule has 0 aliphatic carbocycles. The van der Waals surface area contributed by atoms with Gasteiger partial charge in [-0.1, -0.05) is 70.1 Å². The number of carbonyl (C=O) groups excluding carboxylic acids is 1. The predicted octanol–water partition coefficient (Wildman–Crippen LogP) is 2.44. The van der Waals surface area contributed by atoms with Crippen LogP contribution < -0.4 is 16.6 Å². The number of unbranched alkanes of at least 4 members (excludes halogenated alkanes) is 8. The molecule has 1 aromatic heterocycles. The van der Waals surface area contributed by atoms with Gasteiger partial charge in [0, 0.05) is 26.4 Å². The third-order valence-corrected chi connectivity index (χ3v) is 7.64. The molecular weight excluding hydrogens is 541 g/mol. The molecule has 5 atom stereocenters. The first-order valence-electron chi connectivity index (χ1n) is 14.0. The molecule has 2 unspecified atom stereocenters. The first-order chi connectivity index (χ1) is 19.1. The van der Waals surface area contributed by atoms with E-state index in [-0.39, 0.29) is 31.2 Å². The second-order valence-electron chi connectivity index (χ2n) is 10.5. The molecule has 0 aromatic carbocycles. The van der Waals surface area contributed by atoms with Crippen molar-refractivity contribution < 1.29 is 33.0 Å². The van der Waals surface area contributed by atoms with E-state index in [9.17, 15) is 23.8 Å². The smallest absolute Gasteiger partial charge is 0.330 e. The number of aromatic amines is 1.